The van der Waals surface area contributed by atoms with E-state index >= 15 is 0 Å². The monoisotopic (exact) mass is 391 g/mol. The molecular weight excluding hydrogens is 366 g/mol. The van der Waals surface area contributed by atoms with Crippen molar-refractivity contribution in [2.45, 2.75) is 39.5 Å². The van der Waals surface area contributed by atoms with E-state index < -0.39 is 10.0 Å². The van der Waals surface area contributed by atoms with E-state index in [9.17, 15) is 18.0 Å². The van der Waals surface area contributed by atoms with Crippen molar-refractivity contribution in [2.75, 3.05) is 13.1 Å². The van der Waals surface area contributed by atoms with Crippen molar-refractivity contribution in [1.82, 2.24) is 15.0 Å². The van der Waals surface area contributed by atoms with Gasteiger partial charge in [-0.3, -0.25) is 9.59 Å². The topological polar surface area (TPSA) is 108 Å². The third-order valence-corrected chi connectivity index (χ3v) is 5.96. The van der Waals surface area contributed by atoms with E-state index in [1.54, 1.807) is 32.9 Å². The van der Waals surface area contributed by atoms with Crippen LogP contribution in [0, 0.1) is 27.7 Å². The van der Waals surface area contributed by atoms with Crippen LogP contribution in [0.1, 0.15) is 50.2 Å². The first-order valence-corrected chi connectivity index (χ1v) is 10.1. The number of carbonyl (C=O) groups is 2. The summed E-state index contributed by atoms with van der Waals surface area (Å²) >= 11 is 0. The molecule has 7 nitrogen and oxygen atoms in total. The molecule has 3 N–H and O–H groups in total. The summed E-state index contributed by atoms with van der Waals surface area (Å²) < 4.78 is 27.4. The lowest BCUT2D eigenvalue weighted by atomic mass is 10.1. The second-order valence-corrected chi connectivity index (χ2v) is 8.34. The summed E-state index contributed by atoms with van der Waals surface area (Å²) in [7, 11) is -3.65. The average Bonchev–Trinajstić information content (AvgIpc) is 2.88. The fourth-order valence-electron chi connectivity index (χ4n) is 3.03. The molecule has 0 spiro atoms. The minimum atomic E-state index is -3.65. The molecule has 2 aromatic rings. The number of amides is 1. The largest absolute Gasteiger partial charge is 0.354 e. The summed E-state index contributed by atoms with van der Waals surface area (Å²) in [6.07, 6.45) is 0. The molecule has 0 saturated carbocycles. The molecule has 0 fully saturated rings. The van der Waals surface area contributed by atoms with Gasteiger partial charge in [-0.1, -0.05) is 12.1 Å². The highest BCUT2D eigenvalue weighted by Gasteiger charge is 2.20. The number of Topliss-reactive ketones (excluding diaryl/α,β-unsaturated/α-hetero) is 1. The Hall–Kier alpha value is -2.45. The minimum Gasteiger partial charge on any atom is -0.354 e. The zero-order valence-corrected chi connectivity index (χ0v) is 17.0. The molecule has 8 heteroatoms. The molecule has 0 aliphatic rings. The molecule has 0 aliphatic heterocycles. The van der Waals surface area contributed by atoms with E-state index in [1.165, 1.54) is 6.92 Å². The van der Waals surface area contributed by atoms with Crippen LogP contribution in [0.2, 0.25) is 0 Å². The molecule has 27 heavy (non-hydrogen) atoms. The fraction of sp³-hybridized carbons (Fsp3) is 0.368. The van der Waals surface area contributed by atoms with Crippen molar-refractivity contribution >= 4 is 21.7 Å². The summed E-state index contributed by atoms with van der Waals surface area (Å²) in [5, 5.41) is 2.66. The zero-order chi connectivity index (χ0) is 20.4. The highest BCUT2D eigenvalue weighted by molar-refractivity contribution is 7.89. The normalized spacial score (nSPS) is 11.4. The number of hydrogen-bond donors (Lipinski definition) is 3. The Morgan fingerprint density at radius 3 is 2.33 bits per heavy atom. The fourth-order valence-corrected chi connectivity index (χ4v) is 4.39. The molecule has 146 valence electrons. The number of benzene rings is 1. The molecule has 0 saturated heterocycles. The number of hydrogen-bond acceptors (Lipinski definition) is 4. The Morgan fingerprint density at radius 2 is 1.74 bits per heavy atom. The lowest BCUT2D eigenvalue weighted by molar-refractivity contribution is 0.0949. The number of aryl methyl sites for hydroxylation is 3. The van der Waals surface area contributed by atoms with Crippen LogP contribution < -0.4 is 10.0 Å². The molecule has 1 amide bonds. The molecule has 0 aliphatic carbocycles. The van der Waals surface area contributed by atoms with Gasteiger partial charge in [0.05, 0.1) is 4.90 Å². The molecule has 2 rings (SSSR count). The van der Waals surface area contributed by atoms with Crippen LogP contribution >= 0.6 is 0 Å². The van der Waals surface area contributed by atoms with E-state index in [1.807, 2.05) is 13.0 Å². The maximum Gasteiger partial charge on any atom is 0.268 e. The van der Waals surface area contributed by atoms with Crippen molar-refractivity contribution in [3.63, 3.8) is 0 Å². The van der Waals surface area contributed by atoms with Gasteiger partial charge in [0.25, 0.3) is 5.91 Å². The Labute approximate surface area is 159 Å². The van der Waals surface area contributed by atoms with Crippen molar-refractivity contribution in [3.05, 3.63) is 51.8 Å². The van der Waals surface area contributed by atoms with Crippen molar-refractivity contribution in [1.29, 1.82) is 0 Å². The predicted octanol–water partition coefficient (Wildman–Crippen LogP) is 2.16. The number of ketones is 1. The van der Waals surface area contributed by atoms with Gasteiger partial charge in [-0.05, 0) is 57.4 Å². The van der Waals surface area contributed by atoms with Crippen molar-refractivity contribution < 1.29 is 18.0 Å². The molecule has 0 unspecified atom stereocenters. The van der Waals surface area contributed by atoms with Gasteiger partial charge < -0.3 is 10.3 Å². The molecule has 0 bridgehead atoms. The minimum absolute atomic E-state index is 0.0553. The summed E-state index contributed by atoms with van der Waals surface area (Å²) in [6, 6.07) is 5.23. The van der Waals surface area contributed by atoms with Crippen molar-refractivity contribution in [2.24, 2.45) is 0 Å². The highest BCUT2D eigenvalue weighted by Crippen LogP contribution is 2.18. The number of sulfonamides is 1. The lowest BCUT2D eigenvalue weighted by Gasteiger charge is -2.11. The van der Waals surface area contributed by atoms with Crippen LogP contribution in [0.5, 0.6) is 0 Å². The van der Waals surface area contributed by atoms with E-state index in [0.29, 0.717) is 28.1 Å². The Balaban J connectivity index is 1.99. The van der Waals surface area contributed by atoms with Gasteiger partial charge in [0.2, 0.25) is 10.0 Å². The third-order valence-electron chi connectivity index (χ3n) is 4.35. The standard InChI is InChI=1S/C19H25N3O4S/c1-11-6-7-12(2)16(10-11)27(25,26)21-9-8-20-19(24)18-13(3)17(15(5)23)14(4)22-18/h6-7,10,21-22H,8-9H2,1-5H3,(H,20,24). The predicted molar refractivity (Wildman–Crippen MR) is 104 cm³/mol. The number of H-pyrrole nitrogens is 1. The molecule has 0 atom stereocenters. The van der Waals surface area contributed by atoms with Crippen LogP contribution in [-0.2, 0) is 10.0 Å². The zero-order valence-electron chi connectivity index (χ0n) is 16.2. The number of carbonyl (C=O) groups excluding carboxylic acids is 2. The van der Waals surface area contributed by atoms with Gasteiger partial charge >= 0.3 is 0 Å². The van der Waals surface area contributed by atoms with Gasteiger partial charge in [-0.25, -0.2) is 13.1 Å². The van der Waals surface area contributed by atoms with Crippen LogP contribution in [0.25, 0.3) is 0 Å². The summed E-state index contributed by atoms with van der Waals surface area (Å²) in [5.41, 5.74) is 3.57. The van der Waals surface area contributed by atoms with Gasteiger partial charge in [0, 0.05) is 24.3 Å². The SMILES string of the molecule is CC(=O)c1c(C)[nH]c(C(=O)NCCNS(=O)(=O)c2cc(C)ccc2C)c1C. The maximum absolute atomic E-state index is 12.4. The Morgan fingerprint density at radius 1 is 1.07 bits per heavy atom. The maximum atomic E-state index is 12.4. The van der Waals surface area contributed by atoms with Crippen LogP contribution in [0.15, 0.2) is 23.1 Å². The molecule has 1 heterocycles. The first kappa shape index (κ1) is 20.9. The third kappa shape index (κ3) is 4.64. The van der Waals surface area contributed by atoms with Crippen LogP contribution in [0.3, 0.4) is 0 Å². The number of aromatic nitrogens is 1. The van der Waals surface area contributed by atoms with E-state index in [0.717, 1.165) is 5.56 Å². The van der Waals surface area contributed by atoms with Crippen LogP contribution in [-0.4, -0.2) is 38.2 Å². The van der Waals surface area contributed by atoms with E-state index in [2.05, 4.69) is 15.0 Å². The summed E-state index contributed by atoms with van der Waals surface area (Å²) in [4.78, 5) is 27.1. The van der Waals surface area contributed by atoms with Gasteiger partial charge in [-0.15, -0.1) is 0 Å². The summed E-state index contributed by atoms with van der Waals surface area (Å²) in [6.45, 7) is 8.63. The first-order valence-electron chi connectivity index (χ1n) is 8.59. The molecule has 0 radical (unpaired) electrons. The molecular formula is C19H25N3O4S. The van der Waals surface area contributed by atoms with Gasteiger partial charge in [0.1, 0.15) is 5.69 Å². The van der Waals surface area contributed by atoms with Gasteiger partial charge in [0.15, 0.2) is 5.78 Å². The second kappa shape index (κ2) is 8.06. The second-order valence-electron chi connectivity index (χ2n) is 6.60. The summed E-state index contributed by atoms with van der Waals surface area (Å²) in [5.74, 6) is -0.490. The van der Waals surface area contributed by atoms with E-state index in [-0.39, 0.29) is 29.7 Å². The molecule has 1 aromatic carbocycles. The number of rotatable bonds is 7. The first-order chi connectivity index (χ1) is 12.5. The Kier molecular flexibility index (Phi) is 6.22. The number of aromatic amines is 1. The average molecular weight is 391 g/mol. The quantitative estimate of drug-likeness (QED) is 0.496. The number of nitrogens with one attached hydrogen (secondary N) is 3. The van der Waals surface area contributed by atoms with Crippen molar-refractivity contribution in [3.8, 4) is 0 Å². The highest BCUT2D eigenvalue weighted by atomic mass is 32.2. The van der Waals surface area contributed by atoms with E-state index in [4.69, 9.17) is 0 Å². The molecule has 1 aromatic heterocycles. The Bertz CT molecular complexity index is 991. The van der Waals surface area contributed by atoms with Crippen LogP contribution in [0.4, 0.5) is 0 Å². The van der Waals surface area contributed by atoms with Gasteiger partial charge in [-0.2, -0.15) is 0 Å². The smallest absolute Gasteiger partial charge is 0.268 e. The lowest BCUT2D eigenvalue weighted by Crippen LogP contribution is -2.35.